The van der Waals surface area contributed by atoms with Crippen molar-refractivity contribution in [3.05, 3.63) is 0 Å². The van der Waals surface area contributed by atoms with Crippen LogP contribution < -0.4 is 5.73 Å². The predicted molar refractivity (Wildman–Crippen MR) is 43.1 cm³/mol. The monoisotopic (exact) mass is 159 g/mol. The van der Waals surface area contributed by atoms with Gasteiger partial charge in [-0.3, -0.25) is 0 Å². The van der Waals surface area contributed by atoms with Crippen molar-refractivity contribution in [2.45, 2.75) is 32.7 Å². The lowest BCUT2D eigenvalue weighted by atomic mass is 10.1. The second kappa shape index (κ2) is 3.09. The lowest BCUT2D eigenvalue weighted by Gasteiger charge is -2.27. The minimum absolute atomic E-state index is 0.0856. The van der Waals surface area contributed by atoms with E-state index >= 15 is 0 Å². The van der Waals surface area contributed by atoms with Crippen LogP contribution in [0.25, 0.3) is 0 Å². The van der Waals surface area contributed by atoms with Crippen molar-refractivity contribution in [3.8, 4) is 0 Å². The number of ether oxygens (including phenoxy) is 2. The molecular formula is C8H17NO2. The summed E-state index contributed by atoms with van der Waals surface area (Å²) >= 11 is 0. The predicted octanol–water partition coefficient (Wildman–Crippen LogP) is 0.733. The van der Waals surface area contributed by atoms with Crippen molar-refractivity contribution in [1.82, 2.24) is 0 Å². The van der Waals surface area contributed by atoms with Crippen LogP contribution in [0.2, 0.25) is 0 Å². The first-order valence-electron chi connectivity index (χ1n) is 4.10. The van der Waals surface area contributed by atoms with Gasteiger partial charge in [0.15, 0.2) is 5.79 Å². The van der Waals surface area contributed by atoms with Crippen LogP contribution in [-0.4, -0.2) is 25.0 Å². The summed E-state index contributed by atoms with van der Waals surface area (Å²) in [6, 6.07) is 0. The summed E-state index contributed by atoms with van der Waals surface area (Å²) in [5.41, 5.74) is 5.45. The Bertz CT molecular complexity index is 138. The van der Waals surface area contributed by atoms with Crippen molar-refractivity contribution in [1.29, 1.82) is 0 Å². The maximum Gasteiger partial charge on any atom is 0.168 e. The highest BCUT2D eigenvalue weighted by Crippen LogP contribution is 2.29. The molecule has 11 heavy (non-hydrogen) atoms. The zero-order chi connectivity index (χ0) is 8.48. The molecule has 1 saturated heterocycles. The van der Waals surface area contributed by atoms with Crippen molar-refractivity contribution < 1.29 is 9.47 Å². The summed E-state index contributed by atoms with van der Waals surface area (Å²) in [6.07, 6.45) is 0.0856. The van der Waals surface area contributed by atoms with Gasteiger partial charge in [-0.25, -0.2) is 0 Å². The van der Waals surface area contributed by atoms with E-state index in [4.69, 9.17) is 15.2 Å². The fourth-order valence-corrected chi connectivity index (χ4v) is 1.08. The van der Waals surface area contributed by atoms with Gasteiger partial charge in [0.05, 0.1) is 12.7 Å². The molecule has 1 aliphatic heterocycles. The first-order valence-corrected chi connectivity index (χ1v) is 4.10. The minimum atomic E-state index is -0.413. The highest BCUT2D eigenvalue weighted by Gasteiger charge is 2.39. The zero-order valence-corrected chi connectivity index (χ0v) is 7.46. The Morgan fingerprint density at radius 2 is 2.27 bits per heavy atom. The normalized spacial score (nSPS) is 38.5. The Morgan fingerprint density at radius 3 is 2.55 bits per heavy atom. The first-order chi connectivity index (χ1) is 5.08. The van der Waals surface area contributed by atoms with E-state index in [9.17, 15) is 0 Å². The van der Waals surface area contributed by atoms with Gasteiger partial charge in [-0.2, -0.15) is 0 Å². The van der Waals surface area contributed by atoms with E-state index in [0.29, 0.717) is 19.1 Å². The van der Waals surface area contributed by atoms with Crippen molar-refractivity contribution in [2.24, 2.45) is 11.7 Å². The van der Waals surface area contributed by atoms with Crippen LogP contribution in [-0.2, 0) is 9.47 Å². The maximum absolute atomic E-state index is 5.61. The summed E-state index contributed by atoms with van der Waals surface area (Å²) in [5, 5.41) is 0. The summed E-state index contributed by atoms with van der Waals surface area (Å²) in [4.78, 5) is 0. The lowest BCUT2D eigenvalue weighted by molar-refractivity contribution is -0.182. The Hall–Kier alpha value is -0.120. The molecule has 1 fully saturated rings. The molecule has 2 unspecified atom stereocenters. The molecule has 0 aliphatic carbocycles. The van der Waals surface area contributed by atoms with Crippen LogP contribution in [0.1, 0.15) is 20.8 Å². The molecule has 0 aromatic rings. The van der Waals surface area contributed by atoms with E-state index in [0.717, 1.165) is 0 Å². The van der Waals surface area contributed by atoms with Crippen LogP contribution in [0, 0.1) is 5.92 Å². The third-order valence-corrected chi connectivity index (χ3v) is 2.27. The highest BCUT2D eigenvalue weighted by atomic mass is 16.7. The standard InChI is InChI=1S/C8H17NO2/c1-6(2)8(3)10-5-7(4-9)11-8/h6-7H,4-5,9H2,1-3H3. The number of hydrogen-bond acceptors (Lipinski definition) is 3. The van der Waals surface area contributed by atoms with Crippen molar-refractivity contribution in [3.63, 3.8) is 0 Å². The Balaban J connectivity index is 2.50. The summed E-state index contributed by atoms with van der Waals surface area (Å²) in [5.74, 6) is -0.0385. The Labute approximate surface area is 67.9 Å². The Morgan fingerprint density at radius 1 is 1.64 bits per heavy atom. The smallest absolute Gasteiger partial charge is 0.168 e. The molecule has 1 heterocycles. The minimum Gasteiger partial charge on any atom is -0.347 e. The molecule has 1 rings (SSSR count). The van der Waals surface area contributed by atoms with Crippen LogP contribution in [0.4, 0.5) is 0 Å². The molecule has 3 heteroatoms. The molecule has 0 bridgehead atoms. The molecule has 0 spiro atoms. The highest BCUT2D eigenvalue weighted by molar-refractivity contribution is 4.77. The third-order valence-electron chi connectivity index (χ3n) is 2.27. The van der Waals surface area contributed by atoms with Gasteiger partial charge in [-0.05, 0) is 6.92 Å². The summed E-state index contributed by atoms with van der Waals surface area (Å²) in [6.45, 7) is 7.30. The maximum atomic E-state index is 5.61. The van der Waals surface area contributed by atoms with Gasteiger partial charge in [0.1, 0.15) is 0 Å². The second-order valence-electron chi connectivity index (χ2n) is 3.46. The molecule has 2 N–H and O–H groups in total. The van der Waals surface area contributed by atoms with Crippen LogP contribution in [0.3, 0.4) is 0 Å². The van der Waals surface area contributed by atoms with Crippen molar-refractivity contribution >= 4 is 0 Å². The Kier molecular flexibility index (Phi) is 2.52. The molecule has 0 aromatic heterocycles. The fraction of sp³-hybridized carbons (Fsp3) is 1.00. The molecule has 0 radical (unpaired) electrons. The molecule has 3 nitrogen and oxygen atoms in total. The van der Waals surface area contributed by atoms with Gasteiger partial charge < -0.3 is 15.2 Å². The molecule has 0 amide bonds. The van der Waals surface area contributed by atoms with Crippen LogP contribution in [0.5, 0.6) is 0 Å². The first kappa shape index (κ1) is 8.97. The molecular weight excluding hydrogens is 142 g/mol. The van der Waals surface area contributed by atoms with Crippen LogP contribution >= 0.6 is 0 Å². The van der Waals surface area contributed by atoms with Crippen LogP contribution in [0.15, 0.2) is 0 Å². The molecule has 1 aliphatic rings. The summed E-state index contributed by atoms with van der Waals surface area (Å²) < 4.78 is 11.1. The molecule has 0 saturated carbocycles. The summed E-state index contributed by atoms with van der Waals surface area (Å²) in [7, 11) is 0. The quantitative estimate of drug-likeness (QED) is 0.646. The topological polar surface area (TPSA) is 44.5 Å². The van der Waals surface area contributed by atoms with E-state index < -0.39 is 5.79 Å². The average Bonchev–Trinajstić information content (AvgIpc) is 2.33. The largest absolute Gasteiger partial charge is 0.347 e. The lowest BCUT2D eigenvalue weighted by Crippen LogP contribution is -2.34. The fourth-order valence-electron chi connectivity index (χ4n) is 1.08. The van der Waals surface area contributed by atoms with E-state index in [-0.39, 0.29) is 6.10 Å². The molecule has 66 valence electrons. The zero-order valence-electron chi connectivity index (χ0n) is 7.46. The third kappa shape index (κ3) is 1.72. The van der Waals surface area contributed by atoms with E-state index in [2.05, 4.69) is 13.8 Å². The van der Waals surface area contributed by atoms with Gasteiger partial charge in [0.2, 0.25) is 0 Å². The van der Waals surface area contributed by atoms with Gasteiger partial charge in [0.25, 0.3) is 0 Å². The van der Waals surface area contributed by atoms with E-state index in [1.54, 1.807) is 0 Å². The molecule has 0 aromatic carbocycles. The van der Waals surface area contributed by atoms with Gasteiger partial charge in [-0.15, -0.1) is 0 Å². The number of nitrogens with two attached hydrogens (primary N) is 1. The average molecular weight is 159 g/mol. The number of rotatable bonds is 2. The molecule has 2 atom stereocenters. The van der Waals surface area contributed by atoms with E-state index in [1.165, 1.54) is 0 Å². The van der Waals surface area contributed by atoms with Gasteiger partial charge in [-0.1, -0.05) is 13.8 Å². The van der Waals surface area contributed by atoms with Crippen molar-refractivity contribution in [2.75, 3.05) is 13.2 Å². The number of hydrogen-bond donors (Lipinski definition) is 1. The van der Waals surface area contributed by atoms with E-state index in [1.807, 2.05) is 6.92 Å². The van der Waals surface area contributed by atoms with Gasteiger partial charge in [0, 0.05) is 12.5 Å². The second-order valence-corrected chi connectivity index (χ2v) is 3.46. The van der Waals surface area contributed by atoms with Gasteiger partial charge >= 0.3 is 0 Å². The SMILES string of the molecule is CC(C)C1(C)OCC(CN)O1.